The monoisotopic (exact) mass is 465 g/mol. The molecule has 0 saturated heterocycles. The van der Waals surface area contributed by atoms with Crippen LogP contribution in [0.1, 0.15) is 41.2 Å². The first kappa shape index (κ1) is 16.8. The van der Waals surface area contributed by atoms with Gasteiger partial charge in [-0.25, -0.2) is 0 Å². The summed E-state index contributed by atoms with van der Waals surface area (Å²) in [6, 6.07) is 13.3. The van der Waals surface area contributed by atoms with Gasteiger partial charge in [-0.05, 0) is 71.2 Å². The lowest BCUT2D eigenvalue weighted by atomic mass is 9.77. The number of H-pyrrole nitrogens is 1. The Hall–Kier alpha value is -1.60. The third kappa shape index (κ3) is 3.27. The van der Waals surface area contributed by atoms with E-state index in [1.54, 1.807) is 0 Å². The largest absolute Gasteiger partial charge is 0.345 e. The molecule has 1 heterocycles. The summed E-state index contributed by atoms with van der Waals surface area (Å²) in [5, 5.41) is 12.0. The molecule has 4 nitrogen and oxygen atoms in total. The van der Waals surface area contributed by atoms with Crippen LogP contribution in [0.15, 0.2) is 42.5 Å². The van der Waals surface area contributed by atoms with E-state index in [0.29, 0.717) is 16.5 Å². The van der Waals surface area contributed by atoms with Gasteiger partial charge in [-0.2, -0.15) is 5.10 Å². The predicted octanol–water partition coefficient (Wildman–Crippen LogP) is 5.09. The Balaban J connectivity index is 1.63. The number of hydrogen-bond acceptors (Lipinski definition) is 2. The first-order chi connectivity index (χ1) is 12.1. The first-order valence-electron chi connectivity index (χ1n) is 8.32. The fourth-order valence-corrected chi connectivity index (χ4v) is 4.10. The van der Waals surface area contributed by atoms with Gasteiger partial charge in [-0.15, -0.1) is 0 Å². The molecule has 6 heteroatoms. The molecule has 0 radical (unpaired) electrons. The van der Waals surface area contributed by atoms with Crippen molar-refractivity contribution in [3.8, 4) is 0 Å². The summed E-state index contributed by atoms with van der Waals surface area (Å²) in [6.45, 7) is 0. The molecule has 0 bridgehead atoms. The minimum absolute atomic E-state index is 0.0472. The highest BCUT2D eigenvalue weighted by molar-refractivity contribution is 14.1. The number of aromatic nitrogens is 2. The molecule has 25 heavy (non-hydrogen) atoms. The molecule has 1 atom stereocenters. The lowest BCUT2D eigenvalue weighted by Gasteiger charge is -2.35. The number of benzene rings is 2. The summed E-state index contributed by atoms with van der Waals surface area (Å²) in [4.78, 5) is 12.9. The highest BCUT2D eigenvalue weighted by Crippen LogP contribution is 2.40. The zero-order valence-electron chi connectivity index (χ0n) is 13.4. The topological polar surface area (TPSA) is 57.8 Å². The van der Waals surface area contributed by atoms with Gasteiger partial charge in [0.1, 0.15) is 3.70 Å². The second-order valence-electron chi connectivity index (χ2n) is 6.43. The fourth-order valence-electron chi connectivity index (χ4n) is 3.29. The number of rotatable bonds is 4. The van der Waals surface area contributed by atoms with Crippen LogP contribution in [0, 0.1) is 9.62 Å². The molecule has 2 N–H and O–H groups in total. The van der Waals surface area contributed by atoms with Crippen LogP contribution < -0.4 is 5.32 Å². The van der Waals surface area contributed by atoms with Crippen LogP contribution in [-0.4, -0.2) is 16.1 Å². The average Bonchev–Trinajstić information content (AvgIpc) is 2.94. The van der Waals surface area contributed by atoms with Gasteiger partial charge in [-0.1, -0.05) is 36.2 Å². The van der Waals surface area contributed by atoms with E-state index >= 15 is 0 Å². The third-order valence-electron chi connectivity index (χ3n) is 4.92. The van der Waals surface area contributed by atoms with Gasteiger partial charge in [0.05, 0.1) is 11.6 Å². The van der Waals surface area contributed by atoms with E-state index in [2.05, 4.69) is 38.1 Å². The first-order valence-corrected chi connectivity index (χ1v) is 9.78. The highest BCUT2D eigenvalue weighted by Gasteiger charge is 2.31. The van der Waals surface area contributed by atoms with Crippen molar-refractivity contribution in [1.29, 1.82) is 0 Å². The molecule has 1 fully saturated rings. The molecule has 0 aliphatic heterocycles. The van der Waals surface area contributed by atoms with Crippen molar-refractivity contribution in [2.75, 3.05) is 0 Å². The molecule has 128 valence electrons. The van der Waals surface area contributed by atoms with Crippen LogP contribution >= 0.6 is 34.2 Å². The lowest BCUT2D eigenvalue weighted by Crippen LogP contribution is -2.36. The van der Waals surface area contributed by atoms with Crippen LogP contribution in [-0.2, 0) is 0 Å². The minimum atomic E-state index is -0.0734. The quantitative estimate of drug-likeness (QED) is 0.527. The number of fused-ring (bicyclic) bond motifs is 1. The van der Waals surface area contributed by atoms with Crippen molar-refractivity contribution in [2.24, 2.45) is 5.92 Å². The Morgan fingerprint density at radius 2 is 2.08 bits per heavy atom. The summed E-state index contributed by atoms with van der Waals surface area (Å²) < 4.78 is 0.934. The maximum absolute atomic E-state index is 12.9. The second-order valence-corrected chi connectivity index (χ2v) is 7.92. The predicted molar refractivity (Wildman–Crippen MR) is 108 cm³/mol. The van der Waals surface area contributed by atoms with E-state index in [4.69, 9.17) is 11.6 Å². The van der Waals surface area contributed by atoms with E-state index < -0.39 is 0 Å². The van der Waals surface area contributed by atoms with Gasteiger partial charge in [0, 0.05) is 16.0 Å². The zero-order valence-corrected chi connectivity index (χ0v) is 16.3. The number of amides is 1. The number of halogens is 2. The van der Waals surface area contributed by atoms with Crippen LogP contribution in [0.25, 0.3) is 10.9 Å². The number of nitrogens with one attached hydrogen (secondary N) is 2. The van der Waals surface area contributed by atoms with Crippen molar-refractivity contribution < 1.29 is 4.79 Å². The van der Waals surface area contributed by atoms with Crippen molar-refractivity contribution in [3.63, 3.8) is 0 Å². The molecule has 0 spiro atoms. The molecular formula is C19H17ClIN3O. The Labute approximate surface area is 164 Å². The summed E-state index contributed by atoms with van der Waals surface area (Å²) in [7, 11) is 0. The number of aromatic amines is 1. The normalized spacial score (nSPS) is 15.8. The van der Waals surface area contributed by atoms with Gasteiger partial charge < -0.3 is 5.32 Å². The molecule has 1 amide bonds. The Kier molecular flexibility index (Phi) is 4.69. The van der Waals surface area contributed by atoms with E-state index in [0.717, 1.165) is 33.0 Å². The van der Waals surface area contributed by atoms with E-state index in [9.17, 15) is 4.79 Å². The highest BCUT2D eigenvalue weighted by atomic mass is 127. The summed E-state index contributed by atoms with van der Waals surface area (Å²) in [6.07, 6.45) is 3.45. The Morgan fingerprint density at radius 1 is 1.28 bits per heavy atom. The molecule has 1 aliphatic rings. The number of carbonyl (C=O) groups excluding carboxylic acids is 1. The lowest BCUT2D eigenvalue weighted by molar-refractivity contribution is 0.0901. The zero-order chi connectivity index (χ0) is 17.4. The average molecular weight is 466 g/mol. The number of carbonyl (C=O) groups is 1. The number of nitrogens with zero attached hydrogens (tertiary/aromatic N) is 1. The smallest absolute Gasteiger partial charge is 0.251 e. The molecule has 1 unspecified atom stereocenters. The SMILES string of the molecule is O=C(NC(c1ccccc1Cl)C1CCC1)c1ccc2n[nH]c(I)c2c1. The molecule has 2 aromatic carbocycles. The maximum Gasteiger partial charge on any atom is 0.251 e. The van der Waals surface area contributed by atoms with Gasteiger partial charge in [0.25, 0.3) is 5.91 Å². The van der Waals surface area contributed by atoms with Crippen LogP contribution in [0.5, 0.6) is 0 Å². The summed E-state index contributed by atoms with van der Waals surface area (Å²) >= 11 is 8.58. The van der Waals surface area contributed by atoms with E-state index in [1.165, 1.54) is 6.42 Å². The van der Waals surface area contributed by atoms with Crippen molar-refractivity contribution >= 4 is 51.0 Å². The molecule has 1 saturated carbocycles. The van der Waals surface area contributed by atoms with Gasteiger partial charge >= 0.3 is 0 Å². The minimum Gasteiger partial charge on any atom is -0.345 e. The van der Waals surface area contributed by atoms with Gasteiger partial charge in [0.15, 0.2) is 0 Å². The molecular weight excluding hydrogens is 449 g/mol. The Morgan fingerprint density at radius 3 is 2.80 bits per heavy atom. The molecule has 1 aliphatic carbocycles. The van der Waals surface area contributed by atoms with Crippen molar-refractivity contribution in [1.82, 2.24) is 15.5 Å². The molecule has 4 rings (SSSR count). The van der Waals surface area contributed by atoms with Crippen LogP contribution in [0.3, 0.4) is 0 Å². The van der Waals surface area contributed by atoms with E-state index in [-0.39, 0.29) is 11.9 Å². The summed E-state index contributed by atoms with van der Waals surface area (Å²) in [5.74, 6) is 0.373. The van der Waals surface area contributed by atoms with Crippen molar-refractivity contribution in [3.05, 3.63) is 62.3 Å². The van der Waals surface area contributed by atoms with Crippen LogP contribution in [0.2, 0.25) is 5.02 Å². The summed E-state index contributed by atoms with van der Waals surface area (Å²) in [5.41, 5.74) is 2.51. The molecule has 3 aromatic rings. The Bertz CT molecular complexity index is 935. The van der Waals surface area contributed by atoms with Crippen molar-refractivity contribution in [2.45, 2.75) is 25.3 Å². The van der Waals surface area contributed by atoms with Gasteiger partial charge in [0.2, 0.25) is 0 Å². The number of hydrogen-bond donors (Lipinski definition) is 2. The second kappa shape index (κ2) is 6.96. The maximum atomic E-state index is 12.9. The third-order valence-corrected chi connectivity index (χ3v) is 6.08. The fraction of sp³-hybridized carbons (Fsp3) is 0.263. The standard InChI is InChI=1S/C19H17ClIN3O/c20-15-7-2-1-6-13(15)17(11-4-3-5-11)22-19(25)12-8-9-16-14(10-12)18(21)24-23-16/h1-2,6-11,17H,3-5H2,(H,22,25)(H,23,24). The van der Waals surface area contributed by atoms with E-state index in [1.807, 2.05) is 42.5 Å². The molecule has 1 aromatic heterocycles. The van der Waals surface area contributed by atoms with Gasteiger partial charge in [-0.3, -0.25) is 9.89 Å². The van der Waals surface area contributed by atoms with Crippen LogP contribution in [0.4, 0.5) is 0 Å².